The van der Waals surface area contributed by atoms with Gasteiger partial charge in [0.25, 0.3) is 0 Å². The Bertz CT molecular complexity index is 904. The number of guanidine groups is 1. The maximum atomic E-state index is 13.1. The number of halogens is 3. The fraction of sp³-hybridized carbons (Fsp3) is 0.545. The summed E-state index contributed by atoms with van der Waals surface area (Å²) in [4.78, 5) is 33.1. The Morgan fingerprint density at radius 3 is 2.42 bits per heavy atom. The molecule has 0 saturated carbocycles. The zero-order valence-corrected chi connectivity index (χ0v) is 18.2. The Balaban J connectivity index is 1.64. The summed E-state index contributed by atoms with van der Waals surface area (Å²) in [6.07, 6.45) is 1.33. The topological polar surface area (TPSA) is 101 Å². The molecule has 11 heteroatoms. The number of hydrogen-bond donors (Lipinski definition) is 2. The molecule has 2 saturated heterocycles. The number of carbonyl (C=O) groups is 2. The van der Waals surface area contributed by atoms with E-state index in [0.717, 1.165) is 50.9 Å². The molecule has 2 fully saturated rings. The second-order valence-corrected chi connectivity index (χ2v) is 8.14. The molecule has 0 bridgehead atoms. The van der Waals surface area contributed by atoms with Crippen LogP contribution < -0.4 is 10.6 Å². The summed E-state index contributed by atoms with van der Waals surface area (Å²) in [7, 11) is 0. The van der Waals surface area contributed by atoms with Crippen molar-refractivity contribution in [3.8, 4) is 6.19 Å². The standard InChI is InChI=1S/C22H27F3N6O2/c23-22(24,25)17-8-6-16(7-9-17)13-27-21(28-15-26)29-18-5-1-2-12-31(20(18)33)14-19(32)30-10-3-4-11-30/h6-9,18H,1-5,10-14H2,(H2,27,28,29)/t18-/m0/s1. The van der Waals surface area contributed by atoms with Gasteiger partial charge in [-0.25, -0.2) is 4.99 Å². The molecule has 0 unspecified atom stereocenters. The van der Waals surface area contributed by atoms with Crippen molar-refractivity contribution in [2.45, 2.75) is 50.9 Å². The van der Waals surface area contributed by atoms with Crippen molar-refractivity contribution in [3.63, 3.8) is 0 Å². The molecule has 1 atom stereocenters. The number of amides is 2. The zero-order valence-electron chi connectivity index (χ0n) is 18.2. The zero-order chi connectivity index (χ0) is 23.8. The van der Waals surface area contributed by atoms with Crippen LogP contribution in [0.2, 0.25) is 0 Å². The van der Waals surface area contributed by atoms with Crippen LogP contribution in [0, 0.1) is 11.5 Å². The van der Waals surface area contributed by atoms with Crippen LogP contribution in [0.15, 0.2) is 29.3 Å². The summed E-state index contributed by atoms with van der Waals surface area (Å²) in [5, 5.41) is 14.4. The minimum Gasteiger partial charge on any atom is -0.344 e. The lowest BCUT2D eigenvalue weighted by Crippen LogP contribution is -2.52. The molecule has 1 aromatic rings. The van der Waals surface area contributed by atoms with E-state index in [4.69, 9.17) is 5.26 Å². The number of carbonyl (C=O) groups excluding carboxylic acids is 2. The number of hydrogen-bond acceptors (Lipinski definition) is 4. The first-order valence-electron chi connectivity index (χ1n) is 11.0. The summed E-state index contributed by atoms with van der Waals surface area (Å²) in [6.45, 7) is 1.97. The molecule has 0 radical (unpaired) electrons. The van der Waals surface area contributed by atoms with Crippen LogP contribution in [0.4, 0.5) is 13.2 Å². The van der Waals surface area contributed by atoms with E-state index in [9.17, 15) is 22.8 Å². The molecular weight excluding hydrogens is 437 g/mol. The highest BCUT2D eigenvalue weighted by atomic mass is 19.4. The van der Waals surface area contributed by atoms with Crippen molar-refractivity contribution in [2.24, 2.45) is 4.99 Å². The highest BCUT2D eigenvalue weighted by Crippen LogP contribution is 2.29. The Hall–Kier alpha value is -3.29. The van der Waals surface area contributed by atoms with Crippen LogP contribution in [-0.4, -0.2) is 59.8 Å². The summed E-state index contributed by atoms with van der Waals surface area (Å²) in [6, 6.07) is 3.92. The van der Waals surface area contributed by atoms with Crippen molar-refractivity contribution >= 4 is 17.8 Å². The van der Waals surface area contributed by atoms with Crippen LogP contribution in [0.5, 0.6) is 0 Å². The Morgan fingerprint density at radius 2 is 1.79 bits per heavy atom. The number of alkyl halides is 3. The van der Waals surface area contributed by atoms with E-state index in [1.54, 1.807) is 16.0 Å². The molecule has 178 valence electrons. The van der Waals surface area contributed by atoms with E-state index in [1.165, 1.54) is 12.1 Å². The average molecular weight is 464 g/mol. The molecule has 2 amide bonds. The molecule has 2 aliphatic rings. The lowest BCUT2D eigenvalue weighted by atomic mass is 10.1. The van der Waals surface area contributed by atoms with E-state index in [2.05, 4.69) is 15.6 Å². The second kappa shape index (κ2) is 11.0. The van der Waals surface area contributed by atoms with Gasteiger partial charge in [0.2, 0.25) is 17.8 Å². The summed E-state index contributed by atoms with van der Waals surface area (Å²) in [5.41, 5.74) is -0.233. The highest BCUT2D eigenvalue weighted by Gasteiger charge is 2.31. The third-order valence-corrected chi connectivity index (χ3v) is 5.75. The van der Waals surface area contributed by atoms with Gasteiger partial charge in [0.1, 0.15) is 6.04 Å². The first kappa shape index (κ1) is 24.4. The number of nitrogens with one attached hydrogen (secondary N) is 2. The van der Waals surface area contributed by atoms with Gasteiger partial charge in [-0.05, 0) is 49.8 Å². The molecule has 0 aliphatic carbocycles. The number of rotatable bonds is 5. The van der Waals surface area contributed by atoms with E-state index >= 15 is 0 Å². The molecule has 8 nitrogen and oxygen atoms in total. The van der Waals surface area contributed by atoms with Crippen LogP contribution in [0.25, 0.3) is 0 Å². The monoisotopic (exact) mass is 464 g/mol. The lowest BCUT2D eigenvalue weighted by molar-refractivity contribution is -0.140. The maximum Gasteiger partial charge on any atom is 0.416 e. The third-order valence-electron chi connectivity index (χ3n) is 5.75. The highest BCUT2D eigenvalue weighted by molar-refractivity contribution is 5.92. The summed E-state index contributed by atoms with van der Waals surface area (Å²) < 4.78 is 38.2. The molecular formula is C22H27F3N6O2. The van der Waals surface area contributed by atoms with Gasteiger partial charge in [0.05, 0.1) is 18.7 Å². The number of nitrogens with zero attached hydrogens (tertiary/aromatic N) is 4. The molecule has 0 aromatic heterocycles. The van der Waals surface area contributed by atoms with Gasteiger partial charge >= 0.3 is 6.18 Å². The number of benzene rings is 1. The van der Waals surface area contributed by atoms with Gasteiger partial charge in [-0.15, -0.1) is 0 Å². The van der Waals surface area contributed by atoms with Gasteiger partial charge in [-0.2, -0.15) is 18.4 Å². The molecule has 1 aromatic carbocycles. The maximum absolute atomic E-state index is 13.1. The minimum absolute atomic E-state index is 0.0211. The molecule has 33 heavy (non-hydrogen) atoms. The van der Waals surface area contributed by atoms with Gasteiger partial charge in [-0.1, -0.05) is 12.1 Å². The largest absolute Gasteiger partial charge is 0.416 e. The molecule has 2 aliphatic heterocycles. The number of aliphatic imine (C=N–C) groups is 1. The Morgan fingerprint density at radius 1 is 1.12 bits per heavy atom. The van der Waals surface area contributed by atoms with Gasteiger partial charge in [0.15, 0.2) is 6.19 Å². The van der Waals surface area contributed by atoms with E-state index in [1.807, 2.05) is 0 Å². The van der Waals surface area contributed by atoms with Crippen molar-refractivity contribution < 1.29 is 22.8 Å². The molecule has 2 N–H and O–H groups in total. The van der Waals surface area contributed by atoms with Gasteiger partial charge in [0, 0.05) is 19.6 Å². The van der Waals surface area contributed by atoms with Gasteiger partial charge in [-0.3, -0.25) is 14.9 Å². The fourth-order valence-corrected chi connectivity index (χ4v) is 3.93. The summed E-state index contributed by atoms with van der Waals surface area (Å²) in [5.74, 6) is -0.238. The predicted octanol–water partition coefficient (Wildman–Crippen LogP) is 2.23. The first-order chi connectivity index (χ1) is 15.8. The van der Waals surface area contributed by atoms with Crippen LogP contribution in [-0.2, 0) is 22.3 Å². The lowest BCUT2D eigenvalue weighted by Gasteiger charge is -2.27. The molecule has 0 spiro atoms. The van der Waals surface area contributed by atoms with Crippen molar-refractivity contribution in [1.29, 1.82) is 5.26 Å². The average Bonchev–Trinajstić information content (AvgIpc) is 3.27. The van der Waals surface area contributed by atoms with Crippen LogP contribution in [0.3, 0.4) is 0 Å². The van der Waals surface area contributed by atoms with E-state index in [0.29, 0.717) is 18.5 Å². The number of nitriles is 1. The van der Waals surface area contributed by atoms with E-state index < -0.39 is 17.8 Å². The van der Waals surface area contributed by atoms with E-state index in [-0.39, 0.29) is 30.9 Å². The normalized spacial score (nSPS) is 19.8. The Kier molecular flexibility index (Phi) is 8.14. The second-order valence-electron chi connectivity index (χ2n) is 8.14. The fourth-order valence-electron chi connectivity index (χ4n) is 3.93. The van der Waals surface area contributed by atoms with Crippen LogP contribution >= 0.6 is 0 Å². The van der Waals surface area contributed by atoms with Gasteiger partial charge < -0.3 is 15.1 Å². The predicted molar refractivity (Wildman–Crippen MR) is 115 cm³/mol. The molecule has 2 heterocycles. The Labute approximate surface area is 190 Å². The minimum atomic E-state index is -4.42. The van der Waals surface area contributed by atoms with Crippen molar-refractivity contribution in [2.75, 3.05) is 26.2 Å². The SMILES string of the molecule is N#CNC(=NCc1ccc(C(F)(F)F)cc1)N[C@H]1CCCCN(CC(=O)N2CCCC2)C1=O. The van der Waals surface area contributed by atoms with Crippen LogP contribution in [0.1, 0.15) is 43.2 Å². The van der Waals surface area contributed by atoms with Crippen molar-refractivity contribution in [1.82, 2.24) is 20.4 Å². The molecule has 3 rings (SSSR count). The first-order valence-corrected chi connectivity index (χ1v) is 11.0. The number of likely N-dealkylation sites (tertiary alicyclic amines) is 2. The quantitative estimate of drug-likeness (QED) is 0.301. The third kappa shape index (κ3) is 6.84. The smallest absolute Gasteiger partial charge is 0.344 e. The summed E-state index contributed by atoms with van der Waals surface area (Å²) >= 11 is 0. The van der Waals surface area contributed by atoms with Crippen molar-refractivity contribution in [3.05, 3.63) is 35.4 Å².